The summed E-state index contributed by atoms with van der Waals surface area (Å²) in [6.07, 6.45) is 1.31. The van der Waals surface area contributed by atoms with Gasteiger partial charge in [-0.1, -0.05) is 0 Å². The molecule has 104 valence electrons. The molecule has 2 N–H and O–H groups in total. The summed E-state index contributed by atoms with van der Waals surface area (Å²) in [6.45, 7) is 6.59. The Labute approximate surface area is 110 Å². The predicted octanol–water partition coefficient (Wildman–Crippen LogP) is 2.29. The highest BCUT2D eigenvalue weighted by molar-refractivity contribution is 5.76. The quantitative estimate of drug-likeness (QED) is 0.626. The second kappa shape index (κ2) is 4.83. The van der Waals surface area contributed by atoms with Crippen molar-refractivity contribution in [2.24, 2.45) is 5.41 Å². The summed E-state index contributed by atoms with van der Waals surface area (Å²) >= 11 is 0. The van der Waals surface area contributed by atoms with E-state index in [1.807, 2.05) is 0 Å². The average molecular weight is 267 g/mol. The van der Waals surface area contributed by atoms with E-state index in [2.05, 4.69) is 10.3 Å². The number of nitro groups is 1. The van der Waals surface area contributed by atoms with Crippen LogP contribution in [0.1, 0.15) is 27.7 Å². The van der Waals surface area contributed by atoms with Crippen molar-refractivity contribution in [3.05, 3.63) is 28.4 Å². The van der Waals surface area contributed by atoms with Crippen LogP contribution in [-0.2, 0) is 4.79 Å². The highest BCUT2D eigenvalue weighted by atomic mass is 16.6. The molecule has 0 bridgehead atoms. The first-order valence-electron chi connectivity index (χ1n) is 5.70. The molecule has 19 heavy (non-hydrogen) atoms. The van der Waals surface area contributed by atoms with E-state index in [0.717, 1.165) is 0 Å². The molecular weight excluding hydrogens is 250 g/mol. The lowest BCUT2D eigenvalue weighted by Crippen LogP contribution is -2.50. The Morgan fingerprint density at radius 3 is 2.47 bits per heavy atom. The maximum absolute atomic E-state index is 11.3. The van der Waals surface area contributed by atoms with Crippen LogP contribution in [0, 0.1) is 15.5 Å². The molecule has 0 aliphatic carbocycles. The standard InChI is InChI=1S/C12H17N3O4/c1-11(2,10(16)17)12(3,4)14-9-7-8(15(18)19)5-6-13-9/h5-7H,1-4H3,(H,13,14)(H,16,17). The van der Waals surface area contributed by atoms with Gasteiger partial charge >= 0.3 is 5.97 Å². The van der Waals surface area contributed by atoms with Crippen molar-refractivity contribution in [2.45, 2.75) is 33.2 Å². The van der Waals surface area contributed by atoms with Gasteiger partial charge in [0.15, 0.2) is 0 Å². The normalized spacial score (nSPS) is 12.0. The van der Waals surface area contributed by atoms with Crippen LogP contribution < -0.4 is 5.32 Å². The second-order valence-electron chi connectivity index (χ2n) is 5.34. The largest absolute Gasteiger partial charge is 0.481 e. The Kier molecular flexibility index (Phi) is 3.78. The smallest absolute Gasteiger partial charge is 0.311 e. The minimum absolute atomic E-state index is 0.0959. The first-order valence-corrected chi connectivity index (χ1v) is 5.70. The number of rotatable bonds is 5. The molecular formula is C12H17N3O4. The van der Waals surface area contributed by atoms with Crippen molar-refractivity contribution in [1.82, 2.24) is 4.98 Å². The number of carbonyl (C=O) groups is 1. The predicted molar refractivity (Wildman–Crippen MR) is 70.0 cm³/mol. The molecule has 7 heteroatoms. The third-order valence-corrected chi connectivity index (χ3v) is 3.49. The van der Waals surface area contributed by atoms with Crippen LogP contribution in [0.2, 0.25) is 0 Å². The van der Waals surface area contributed by atoms with Gasteiger partial charge in [0.25, 0.3) is 5.69 Å². The van der Waals surface area contributed by atoms with E-state index in [-0.39, 0.29) is 11.5 Å². The molecule has 0 unspecified atom stereocenters. The molecule has 0 aromatic carbocycles. The van der Waals surface area contributed by atoms with Crippen molar-refractivity contribution >= 4 is 17.5 Å². The van der Waals surface area contributed by atoms with Crippen molar-refractivity contribution in [1.29, 1.82) is 0 Å². The van der Waals surface area contributed by atoms with Crippen molar-refractivity contribution < 1.29 is 14.8 Å². The van der Waals surface area contributed by atoms with E-state index in [9.17, 15) is 20.0 Å². The van der Waals surface area contributed by atoms with Gasteiger partial charge in [0, 0.05) is 17.8 Å². The van der Waals surface area contributed by atoms with Gasteiger partial charge in [-0.3, -0.25) is 14.9 Å². The summed E-state index contributed by atoms with van der Waals surface area (Å²) in [5.41, 5.74) is -2.00. The zero-order valence-electron chi connectivity index (χ0n) is 11.3. The molecule has 0 fully saturated rings. The fourth-order valence-corrected chi connectivity index (χ4v) is 1.35. The van der Waals surface area contributed by atoms with Crippen molar-refractivity contribution in [3.63, 3.8) is 0 Å². The Hall–Kier alpha value is -2.18. The molecule has 0 amide bonds. The summed E-state index contributed by atoms with van der Waals surface area (Å²) in [6, 6.07) is 2.56. The summed E-state index contributed by atoms with van der Waals surface area (Å²) in [5, 5.41) is 22.8. The molecule has 0 aliphatic rings. The van der Waals surface area contributed by atoms with E-state index >= 15 is 0 Å². The monoisotopic (exact) mass is 267 g/mol. The van der Waals surface area contributed by atoms with Crippen LogP contribution in [0.25, 0.3) is 0 Å². The molecule has 0 spiro atoms. The number of hydrogen-bond acceptors (Lipinski definition) is 5. The first kappa shape index (κ1) is 14.9. The van der Waals surface area contributed by atoms with Crippen LogP contribution in [0.3, 0.4) is 0 Å². The van der Waals surface area contributed by atoms with Crippen LogP contribution in [0.15, 0.2) is 18.3 Å². The number of aliphatic carboxylic acids is 1. The molecule has 0 atom stereocenters. The second-order valence-corrected chi connectivity index (χ2v) is 5.34. The van der Waals surface area contributed by atoms with Crippen LogP contribution in [0.4, 0.5) is 11.5 Å². The average Bonchev–Trinajstić information content (AvgIpc) is 2.28. The lowest BCUT2D eigenvalue weighted by atomic mass is 9.74. The maximum Gasteiger partial charge on any atom is 0.311 e. The summed E-state index contributed by atoms with van der Waals surface area (Å²) in [4.78, 5) is 25.4. The number of pyridine rings is 1. The fraction of sp³-hybridized carbons (Fsp3) is 0.500. The molecule has 0 saturated heterocycles. The van der Waals surface area contributed by atoms with Gasteiger partial charge in [-0.15, -0.1) is 0 Å². The summed E-state index contributed by atoms with van der Waals surface area (Å²) < 4.78 is 0. The van der Waals surface area contributed by atoms with Gasteiger partial charge in [0.2, 0.25) is 0 Å². The highest BCUT2D eigenvalue weighted by Crippen LogP contribution is 2.33. The lowest BCUT2D eigenvalue weighted by molar-refractivity contribution is -0.384. The molecule has 0 aliphatic heterocycles. The Morgan fingerprint density at radius 1 is 1.42 bits per heavy atom. The highest BCUT2D eigenvalue weighted by Gasteiger charge is 2.43. The van der Waals surface area contributed by atoms with Crippen LogP contribution in [0.5, 0.6) is 0 Å². The van der Waals surface area contributed by atoms with E-state index in [1.54, 1.807) is 27.7 Å². The molecule has 0 saturated carbocycles. The van der Waals surface area contributed by atoms with E-state index in [1.165, 1.54) is 18.3 Å². The Bertz CT molecular complexity index is 511. The van der Waals surface area contributed by atoms with Crippen LogP contribution in [-0.4, -0.2) is 26.5 Å². The van der Waals surface area contributed by atoms with Crippen LogP contribution >= 0.6 is 0 Å². The van der Waals surface area contributed by atoms with Gasteiger partial charge in [-0.25, -0.2) is 4.98 Å². The van der Waals surface area contributed by atoms with Crippen molar-refractivity contribution in [3.8, 4) is 0 Å². The SMILES string of the molecule is CC(C)(Nc1cc([N+](=O)[O-])ccn1)C(C)(C)C(=O)O. The Morgan fingerprint density at radius 2 is 2.00 bits per heavy atom. The van der Waals surface area contributed by atoms with Gasteiger partial charge in [-0.05, 0) is 27.7 Å². The first-order chi connectivity index (χ1) is 8.58. The number of aromatic nitrogens is 1. The van der Waals surface area contributed by atoms with E-state index < -0.39 is 21.8 Å². The van der Waals surface area contributed by atoms with E-state index in [4.69, 9.17) is 0 Å². The molecule has 1 rings (SSSR count). The fourth-order valence-electron chi connectivity index (χ4n) is 1.35. The molecule has 7 nitrogen and oxygen atoms in total. The summed E-state index contributed by atoms with van der Waals surface area (Å²) in [5.74, 6) is -0.691. The molecule has 0 radical (unpaired) electrons. The maximum atomic E-state index is 11.3. The van der Waals surface area contributed by atoms with Gasteiger partial charge in [0.1, 0.15) is 5.82 Å². The van der Waals surface area contributed by atoms with Gasteiger partial charge in [0.05, 0.1) is 16.4 Å². The molecule has 1 aromatic rings. The number of carboxylic acid groups (broad SMARTS) is 1. The summed E-state index contributed by atoms with van der Waals surface area (Å²) in [7, 11) is 0. The number of nitrogens with one attached hydrogen (secondary N) is 1. The number of carboxylic acids is 1. The molecule has 1 heterocycles. The van der Waals surface area contributed by atoms with Crippen molar-refractivity contribution in [2.75, 3.05) is 5.32 Å². The number of hydrogen-bond donors (Lipinski definition) is 2. The zero-order chi connectivity index (χ0) is 14.8. The van der Waals surface area contributed by atoms with Gasteiger partial charge in [-0.2, -0.15) is 0 Å². The zero-order valence-corrected chi connectivity index (χ0v) is 11.3. The number of anilines is 1. The third-order valence-electron chi connectivity index (χ3n) is 3.49. The third kappa shape index (κ3) is 2.98. The lowest BCUT2D eigenvalue weighted by Gasteiger charge is -2.39. The number of nitrogens with zero attached hydrogens (tertiary/aromatic N) is 2. The van der Waals surface area contributed by atoms with E-state index in [0.29, 0.717) is 0 Å². The van der Waals surface area contributed by atoms with Gasteiger partial charge < -0.3 is 10.4 Å². The minimum Gasteiger partial charge on any atom is -0.481 e. The Balaban J connectivity index is 3.05. The minimum atomic E-state index is -1.07. The topological polar surface area (TPSA) is 105 Å². The molecule has 1 aromatic heterocycles.